The van der Waals surface area contributed by atoms with E-state index in [0.717, 1.165) is 0 Å². The van der Waals surface area contributed by atoms with E-state index in [4.69, 9.17) is 28.3 Å². The molecule has 1 aromatic carbocycles. The Morgan fingerprint density at radius 1 is 1.28 bits per heavy atom. The van der Waals surface area contributed by atoms with Gasteiger partial charge in [-0.15, -0.1) is 0 Å². The summed E-state index contributed by atoms with van der Waals surface area (Å²) in [5.41, 5.74) is 0.325. The molecule has 0 aliphatic rings. The first-order chi connectivity index (χ1) is 8.27. The van der Waals surface area contributed by atoms with Crippen LogP contribution in [0.25, 0.3) is 0 Å². The minimum absolute atomic E-state index is 0.0356. The normalized spacial score (nSPS) is 12.1. The maximum atomic E-state index is 12.0. The van der Waals surface area contributed by atoms with E-state index in [1.165, 1.54) is 12.1 Å². The zero-order valence-corrected chi connectivity index (χ0v) is 12.4. The molecule has 1 rings (SSSR count). The standard InChI is InChI=1S/C11H15Cl2NO3S/c1-7(2)5-14-18(16,17)11-3-8(6-15)9(12)4-10(11)13/h3-4,7,14-15H,5-6H2,1-2H3. The van der Waals surface area contributed by atoms with Crippen molar-refractivity contribution in [2.24, 2.45) is 5.92 Å². The molecule has 1 aromatic rings. The quantitative estimate of drug-likeness (QED) is 0.877. The molecule has 0 atom stereocenters. The van der Waals surface area contributed by atoms with Crippen molar-refractivity contribution in [1.82, 2.24) is 4.72 Å². The number of halogens is 2. The van der Waals surface area contributed by atoms with Crippen molar-refractivity contribution in [3.63, 3.8) is 0 Å². The minimum atomic E-state index is -3.69. The molecule has 0 heterocycles. The Labute approximate surface area is 117 Å². The summed E-state index contributed by atoms with van der Waals surface area (Å²) < 4.78 is 26.5. The molecule has 0 fully saturated rings. The van der Waals surface area contributed by atoms with Crippen molar-refractivity contribution in [3.8, 4) is 0 Å². The molecule has 2 N–H and O–H groups in total. The number of sulfonamides is 1. The highest BCUT2D eigenvalue weighted by molar-refractivity contribution is 7.89. The van der Waals surface area contributed by atoms with Crippen LogP contribution in [0.2, 0.25) is 10.0 Å². The van der Waals surface area contributed by atoms with Crippen LogP contribution in [0, 0.1) is 5.92 Å². The Morgan fingerprint density at radius 3 is 2.39 bits per heavy atom. The number of benzene rings is 1. The number of aliphatic hydroxyl groups is 1. The van der Waals surface area contributed by atoms with Gasteiger partial charge in [0.15, 0.2) is 0 Å². The minimum Gasteiger partial charge on any atom is -0.392 e. The molecular weight excluding hydrogens is 297 g/mol. The monoisotopic (exact) mass is 311 g/mol. The Morgan fingerprint density at radius 2 is 1.89 bits per heavy atom. The summed E-state index contributed by atoms with van der Waals surface area (Å²) in [7, 11) is -3.69. The lowest BCUT2D eigenvalue weighted by Gasteiger charge is -2.12. The molecule has 0 radical (unpaired) electrons. The van der Waals surface area contributed by atoms with Gasteiger partial charge in [-0.3, -0.25) is 0 Å². The maximum Gasteiger partial charge on any atom is 0.242 e. The lowest BCUT2D eigenvalue weighted by molar-refractivity contribution is 0.281. The van der Waals surface area contributed by atoms with Crippen LogP contribution in [0.3, 0.4) is 0 Å². The van der Waals surface area contributed by atoms with Gasteiger partial charge in [-0.1, -0.05) is 37.0 Å². The second-order valence-electron chi connectivity index (χ2n) is 4.28. The van der Waals surface area contributed by atoms with Gasteiger partial charge >= 0.3 is 0 Å². The van der Waals surface area contributed by atoms with Crippen molar-refractivity contribution >= 4 is 33.2 Å². The van der Waals surface area contributed by atoms with Crippen LogP contribution in [-0.4, -0.2) is 20.1 Å². The third-order valence-corrected chi connectivity index (χ3v) is 4.48. The fourth-order valence-corrected chi connectivity index (χ4v) is 3.32. The zero-order chi connectivity index (χ0) is 13.9. The van der Waals surface area contributed by atoms with E-state index >= 15 is 0 Å². The smallest absolute Gasteiger partial charge is 0.242 e. The van der Waals surface area contributed by atoms with E-state index in [2.05, 4.69) is 4.72 Å². The van der Waals surface area contributed by atoms with Gasteiger partial charge in [0.1, 0.15) is 4.90 Å². The van der Waals surface area contributed by atoms with E-state index in [1.807, 2.05) is 13.8 Å². The largest absolute Gasteiger partial charge is 0.392 e. The van der Waals surface area contributed by atoms with Crippen LogP contribution in [0.15, 0.2) is 17.0 Å². The fourth-order valence-electron chi connectivity index (χ4n) is 1.25. The van der Waals surface area contributed by atoms with Crippen LogP contribution < -0.4 is 4.72 Å². The summed E-state index contributed by atoms with van der Waals surface area (Å²) >= 11 is 11.7. The van der Waals surface area contributed by atoms with Crippen LogP contribution >= 0.6 is 23.2 Å². The molecule has 4 nitrogen and oxygen atoms in total. The first-order valence-electron chi connectivity index (χ1n) is 5.36. The van der Waals surface area contributed by atoms with Crippen molar-refractivity contribution in [2.75, 3.05) is 6.54 Å². The summed E-state index contributed by atoms with van der Waals surface area (Å²) in [5.74, 6) is 0.183. The molecule has 0 aromatic heterocycles. The Bertz CT molecular complexity index is 529. The zero-order valence-electron chi connectivity index (χ0n) is 10.1. The highest BCUT2D eigenvalue weighted by Gasteiger charge is 2.20. The molecule has 0 unspecified atom stereocenters. The van der Waals surface area contributed by atoms with Crippen LogP contribution in [-0.2, 0) is 16.6 Å². The molecular formula is C11H15Cl2NO3S. The van der Waals surface area contributed by atoms with Gasteiger partial charge < -0.3 is 5.11 Å². The number of hydrogen-bond acceptors (Lipinski definition) is 3. The molecule has 7 heteroatoms. The van der Waals surface area contributed by atoms with Crippen molar-refractivity contribution in [3.05, 3.63) is 27.7 Å². The lowest BCUT2D eigenvalue weighted by Crippen LogP contribution is -2.27. The van der Waals surface area contributed by atoms with Gasteiger partial charge in [0.25, 0.3) is 0 Å². The summed E-state index contributed by atoms with van der Waals surface area (Å²) in [6, 6.07) is 2.60. The van der Waals surface area contributed by atoms with Gasteiger partial charge in [0.2, 0.25) is 10.0 Å². The molecule has 0 spiro atoms. The van der Waals surface area contributed by atoms with E-state index in [1.54, 1.807) is 0 Å². The highest BCUT2D eigenvalue weighted by atomic mass is 35.5. The first kappa shape index (κ1) is 15.7. The molecule has 0 aliphatic carbocycles. The van der Waals surface area contributed by atoms with Gasteiger partial charge in [0.05, 0.1) is 11.6 Å². The second kappa shape index (κ2) is 6.21. The van der Waals surface area contributed by atoms with E-state index in [9.17, 15) is 8.42 Å². The van der Waals surface area contributed by atoms with Gasteiger partial charge in [0, 0.05) is 11.6 Å². The average molecular weight is 312 g/mol. The molecule has 0 saturated heterocycles. The highest BCUT2D eigenvalue weighted by Crippen LogP contribution is 2.28. The fraction of sp³-hybridized carbons (Fsp3) is 0.455. The van der Waals surface area contributed by atoms with Gasteiger partial charge in [-0.05, 0) is 23.6 Å². The molecule has 102 valence electrons. The van der Waals surface area contributed by atoms with Crippen molar-refractivity contribution in [1.29, 1.82) is 0 Å². The molecule has 0 aliphatic heterocycles. The maximum absolute atomic E-state index is 12.0. The van der Waals surface area contributed by atoms with Crippen LogP contribution in [0.1, 0.15) is 19.4 Å². The predicted molar refractivity (Wildman–Crippen MR) is 72.4 cm³/mol. The Balaban J connectivity index is 3.16. The molecule has 18 heavy (non-hydrogen) atoms. The first-order valence-corrected chi connectivity index (χ1v) is 7.60. The number of hydrogen-bond donors (Lipinski definition) is 2. The lowest BCUT2D eigenvalue weighted by atomic mass is 10.2. The Hall–Kier alpha value is -0.330. The van der Waals surface area contributed by atoms with Gasteiger partial charge in [-0.2, -0.15) is 0 Å². The van der Waals surface area contributed by atoms with E-state index in [0.29, 0.717) is 12.1 Å². The number of nitrogens with one attached hydrogen (secondary N) is 1. The SMILES string of the molecule is CC(C)CNS(=O)(=O)c1cc(CO)c(Cl)cc1Cl. The third kappa shape index (κ3) is 3.83. The molecule has 0 amide bonds. The summed E-state index contributed by atoms with van der Waals surface area (Å²) in [6.07, 6.45) is 0. The molecule has 0 bridgehead atoms. The summed E-state index contributed by atoms with van der Waals surface area (Å²) in [5, 5.41) is 9.35. The van der Waals surface area contributed by atoms with E-state index in [-0.39, 0.29) is 27.5 Å². The topological polar surface area (TPSA) is 66.4 Å². The van der Waals surface area contributed by atoms with Crippen LogP contribution in [0.5, 0.6) is 0 Å². The molecule has 0 saturated carbocycles. The number of rotatable bonds is 5. The predicted octanol–water partition coefficient (Wildman–Crippen LogP) is 2.42. The van der Waals surface area contributed by atoms with Crippen LogP contribution in [0.4, 0.5) is 0 Å². The van der Waals surface area contributed by atoms with Gasteiger partial charge in [-0.25, -0.2) is 13.1 Å². The third-order valence-electron chi connectivity index (χ3n) is 2.24. The van der Waals surface area contributed by atoms with Crippen molar-refractivity contribution < 1.29 is 13.5 Å². The summed E-state index contributed by atoms with van der Waals surface area (Å²) in [6.45, 7) is 3.76. The second-order valence-corrected chi connectivity index (χ2v) is 6.83. The van der Waals surface area contributed by atoms with Crippen molar-refractivity contribution in [2.45, 2.75) is 25.3 Å². The Kier molecular flexibility index (Phi) is 5.43. The number of aliphatic hydroxyl groups excluding tert-OH is 1. The average Bonchev–Trinajstić information content (AvgIpc) is 2.26. The summed E-state index contributed by atoms with van der Waals surface area (Å²) in [4.78, 5) is -0.0710. The van der Waals surface area contributed by atoms with E-state index < -0.39 is 10.0 Å².